The van der Waals surface area contributed by atoms with Gasteiger partial charge in [0.25, 0.3) is 0 Å². The minimum Gasteiger partial charge on any atom is -0.368 e. The zero-order valence-corrected chi connectivity index (χ0v) is 18.6. The number of benzene rings is 3. The van der Waals surface area contributed by atoms with Crippen LogP contribution in [0.3, 0.4) is 0 Å². The van der Waals surface area contributed by atoms with Crippen molar-refractivity contribution in [2.45, 2.75) is 6.04 Å². The summed E-state index contributed by atoms with van der Waals surface area (Å²) in [6.07, 6.45) is 1.88. The lowest BCUT2D eigenvalue weighted by Crippen LogP contribution is -2.48. The van der Waals surface area contributed by atoms with E-state index in [0.717, 1.165) is 47.1 Å². The maximum absolute atomic E-state index is 6.17. The summed E-state index contributed by atoms with van der Waals surface area (Å²) < 4.78 is 0. The highest BCUT2D eigenvalue weighted by Gasteiger charge is 2.27. The molecular formula is C26H23Cl2N3. The van der Waals surface area contributed by atoms with Gasteiger partial charge in [-0.15, -0.1) is 0 Å². The zero-order valence-electron chi connectivity index (χ0n) is 17.1. The molecule has 156 valence electrons. The molecule has 1 fully saturated rings. The van der Waals surface area contributed by atoms with Crippen LogP contribution in [-0.4, -0.2) is 36.1 Å². The van der Waals surface area contributed by atoms with Crippen molar-refractivity contribution in [2.75, 3.05) is 31.1 Å². The van der Waals surface area contributed by atoms with Gasteiger partial charge in [0, 0.05) is 53.5 Å². The number of piperazine rings is 1. The molecule has 0 N–H and O–H groups in total. The molecule has 0 aliphatic carbocycles. The number of nitrogens with zero attached hydrogens (tertiary/aromatic N) is 3. The number of hydrogen-bond donors (Lipinski definition) is 0. The van der Waals surface area contributed by atoms with Crippen LogP contribution in [0.15, 0.2) is 85.1 Å². The Bertz CT molecular complexity index is 1170. The van der Waals surface area contributed by atoms with Crippen molar-refractivity contribution in [1.82, 2.24) is 9.88 Å². The smallest absolute Gasteiger partial charge is 0.0737 e. The van der Waals surface area contributed by atoms with E-state index in [0.29, 0.717) is 0 Å². The lowest BCUT2D eigenvalue weighted by molar-refractivity contribution is 0.212. The second-order valence-corrected chi connectivity index (χ2v) is 8.75. The van der Waals surface area contributed by atoms with Crippen molar-refractivity contribution < 1.29 is 0 Å². The highest BCUT2D eigenvalue weighted by Crippen LogP contribution is 2.33. The molecule has 0 bridgehead atoms. The minimum atomic E-state index is 0.216. The topological polar surface area (TPSA) is 19.4 Å². The summed E-state index contributed by atoms with van der Waals surface area (Å²) in [6, 6.07) is 27.3. The first kappa shape index (κ1) is 20.3. The Morgan fingerprint density at radius 2 is 1.39 bits per heavy atom. The van der Waals surface area contributed by atoms with Gasteiger partial charge in [-0.05, 0) is 47.5 Å². The fraction of sp³-hybridized carbons (Fsp3) is 0.192. The summed E-state index contributed by atoms with van der Waals surface area (Å²) in [5.41, 5.74) is 4.75. The summed E-state index contributed by atoms with van der Waals surface area (Å²) in [5.74, 6) is 0. The number of aromatic nitrogens is 1. The van der Waals surface area contributed by atoms with Gasteiger partial charge < -0.3 is 4.90 Å². The molecule has 1 unspecified atom stereocenters. The van der Waals surface area contributed by atoms with Crippen molar-refractivity contribution >= 4 is 39.8 Å². The van der Waals surface area contributed by atoms with Crippen molar-refractivity contribution in [1.29, 1.82) is 0 Å². The van der Waals surface area contributed by atoms with Crippen molar-refractivity contribution in [2.24, 2.45) is 0 Å². The van der Waals surface area contributed by atoms with Gasteiger partial charge in [0.2, 0.25) is 0 Å². The van der Waals surface area contributed by atoms with Crippen LogP contribution < -0.4 is 4.90 Å². The van der Waals surface area contributed by atoms with E-state index in [1.807, 2.05) is 30.5 Å². The van der Waals surface area contributed by atoms with Crippen molar-refractivity contribution in [3.63, 3.8) is 0 Å². The van der Waals surface area contributed by atoms with E-state index >= 15 is 0 Å². The minimum absolute atomic E-state index is 0.216. The van der Waals surface area contributed by atoms with E-state index in [2.05, 4.69) is 69.4 Å². The summed E-state index contributed by atoms with van der Waals surface area (Å²) >= 11 is 12.3. The van der Waals surface area contributed by atoms with E-state index in [1.54, 1.807) is 0 Å². The number of fused-ring (bicyclic) bond motifs is 1. The Morgan fingerprint density at radius 3 is 2.13 bits per heavy atom. The van der Waals surface area contributed by atoms with Gasteiger partial charge in [0.05, 0.1) is 11.6 Å². The van der Waals surface area contributed by atoms with Crippen LogP contribution in [0.25, 0.3) is 10.9 Å². The van der Waals surface area contributed by atoms with Gasteiger partial charge in [0.1, 0.15) is 0 Å². The Hall–Kier alpha value is -2.59. The molecule has 3 aromatic carbocycles. The molecule has 0 saturated carbocycles. The number of hydrogen-bond acceptors (Lipinski definition) is 3. The van der Waals surface area contributed by atoms with Gasteiger partial charge >= 0.3 is 0 Å². The van der Waals surface area contributed by atoms with Gasteiger partial charge in [-0.25, -0.2) is 0 Å². The van der Waals surface area contributed by atoms with Crippen molar-refractivity contribution in [3.8, 4) is 0 Å². The second-order valence-electron chi connectivity index (χ2n) is 7.88. The standard InChI is InChI=1S/C26H23Cl2N3/c27-21-8-6-20(7-9-21)26(19-4-2-1-3-5-19)31-16-14-30(15-17-31)25-12-13-29-24-18-22(28)10-11-23(24)25/h1-13,18,26H,14-17H2. The first-order chi connectivity index (χ1) is 15.2. The molecule has 1 aliphatic rings. The first-order valence-electron chi connectivity index (χ1n) is 10.5. The van der Waals surface area contributed by atoms with Gasteiger partial charge in [-0.1, -0.05) is 65.7 Å². The Kier molecular flexibility index (Phi) is 5.82. The number of pyridine rings is 1. The molecule has 5 heteroatoms. The molecule has 1 aromatic heterocycles. The second kappa shape index (κ2) is 8.88. The highest BCUT2D eigenvalue weighted by molar-refractivity contribution is 6.31. The van der Waals surface area contributed by atoms with Crippen LogP contribution in [0.5, 0.6) is 0 Å². The summed E-state index contributed by atoms with van der Waals surface area (Å²) in [7, 11) is 0. The van der Waals surface area contributed by atoms with E-state index in [-0.39, 0.29) is 6.04 Å². The summed E-state index contributed by atoms with van der Waals surface area (Å²) in [6.45, 7) is 3.86. The molecule has 4 aromatic rings. The molecule has 1 aliphatic heterocycles. The number of halogens is 2. The third kappa shape index (κ3) is 4.27. The molecule has 5 rings (SSSR count). The predicted octanol–water partition coefficient (Wildman–Crippen LogP) is 6.45. The third-order valence-electron chi connectivity index (χ3n) is 6.00. The van der Waals surface area contributed by atoms with Gasteiger partial charge in [-0.2, -0.15) is 0 Å². The lowest BCUT2D eigenvalue weighted by Gasteiger charge is -2.41. The van der Waals surface area contributed by atoms with Crippen LogP contribution in [-0.2, 0) is 0 Å². The van der Waals surface area contributed by atoms with Crippen LogP contribution in [0.4, 0.5) is 5.69 Å². The number of anilines is 1. The average Bonchev–Trinajstić information content (AvgIpc) is 2.81. The van der Waals surface area contributed by atoms with Crippen LogP contribution in [0.2, 0.25) is 10.0 Å². The van der Waals surface area contributed by atoms with E-state index < -0.39 is 0 Å². The molecule has 2 heterocycles. The molecule has 3 nitrogen and oxygen atoms in total. The zero-order chi connectivity index (χ0) is 21.2. The SMILES string of the molecule is Clc1ccc(C(c2ccccc2)N2CCN(c3ccnc4cc(Cl)ccc34)CC2)cc1. The molecular weight excluding hydrogens is 425 g/mol. The van der Waals surface area contributed by atoms with Crippen LogP contribution in [0, 0.1) is 0 Å². The summed E-state index contributed by atoms with van der Waals surface area (Å²) in [5, 5.41) is 2.64. The van der Waals surface area contributed by atoms with Gasteiger partial charge in [-0.3, -0.25) is 9.88 Å². The third-order valence-corrected chi connectivity index (χ3v) is 6.49. The maximum Gasteiger partial charge on any atom is 0.0737 e. The maximum atomic E-state index is 6.17. The average molecular weight is 448 g/mol. The largest absolute Gasteiger partial charge is 0.368 e. The van der Waals surface area contributed by atoms with Crippen LogP contribution in [0.1, 0.15) is 17.2 Å². The fourth-order valence-electron chi connectivity index (χ4n) is 4.50. The van der Waals surface area contributed by atoms with E-state index in [4.69, 9.17) is 23.2 Å². The Labute approximate surface area is 192 Å². The lowest BCUT2D eigenvalue weighted by atomic mass is 9.96. The Morgan fingerprint density at radius 1 is 0.710 bits per heavy atom. The normalized spacial score (nSPS) is 15.9. The van der Waals surface area contributed by atoms with Crippen LogP contribution >= 0.6 is 23.2 Å². The highest BCUT2D eigenvalue weighted by atomic mass is 35.5. The van der Waals surface area contributed by atoms with E-state index in [9.17, 15) is 0 Å². The predicted molar refractivity (Wildman–Crippen MR) is 130 cm³/mol. The molecule has 31 heavy (non-hydrogen) atoms. The van der Waals surface area contributed by atoms with Gasteiger partial charge in [0.15, 0.2) is 0 Å². The molecule has 0 amide bonds. The quantitative estimate of drug-likeness (QED) is 0.358. The Balaban J connectivity index is 1.41. The first-order valence-corrected chi connectivity index (χ1v) is 11.3. The fourth-order valence-corrected chi connectivity index (χ4v) is 4.79. The monoisotopic (exact) mass is 447 g/mol. The van der Waals surface area contributed by atoms with Crippen molar-refractivity contribution in [3.05, 3.63) is 106 Å². The number of rotatable bonds is 4. The molecule has 0 spiro atoms. The van der Waals surface area contributed by atoms with E-state index in [1.165, 1.54) is 16.8 Å². The molecule has 1 saturated heterocycles. The summed E-state index contributed by atoms with van der Waals surface area (Å²) in [4.78, 5) is 9.52. The molecule has 0 radical (unpaired) electrons. The molecule has 1 atom stereocenters.